The molecular weight excluding hydrogens is 57.0 g/mol. The summed E-state index contributed by atoms with van der Waals surface area (Å²) in [5.74, 6) is 0. The number of halogens is 1. The minimum atomic E-state index is 0.500. The molecule has 1 nitrogen and oxygen atoms in total. The molecule has 0 heterocycles. The Bertz CT molecular complexity index is 10.8. The molecule has 0 saturated heterocycles. The third-order valence-corrected chi connectivity index (χ3v) is 0. The van der Waals surface area contributed by atoms with Crippen LogP contribution in [-0.4, -0.2) is 19.2 Å². The maximum Gasteiger partial charge on any atom is 0.0173 e. The van der Waals surface area contributed by atoms with Crippen LogP contribution in [0.5, 0.6) is 0 Å². The Kier molecular flexibility index (Phi) is 1.20. The van der Waals surface area contributed by atoms with E-state index in [1.54, 1.807) is 0 Å². The standard InChI is InChI=1S/C2H6FN/c1-4(2)3/h1-2H3. The van der Waals surface area contributed by atoms with Crippen molar-refractivity contribution in [3.63, 3.8) is 0 Å². The van der Waals surface area contributed by atoms with E-state index in [-0.39, 0.29) is 0 Å². The predicted molar refractivity (Wildman–Crippen MR) is 14.8 cm³/mol. The fourth-order valence-corrected chi connectivity index (χ4v) is 0. The van der Waals surface area contributed by atoms with E-state index in [2.05, 4.69) is 0 Å². The van der Waals surface area contributed by atoms with Crippen molar-refractivity contribution in [1.29, 1.82) is 0 Å². The molecule has 0 bridgehead atoms. The highest BCUT2D eigenvalue weighted by molar-refractivity contribution is 3.92. The lowest BCUT2D eigenvalue weighted by Crippen LogP contribution is -1.91. The molecule has 4 heavy (non-hydrogen) atoms. The first-order valence-corrected chi connectivity index (χ1v) is 1.06. The fourth-order valence-electron chi connectivity index (χ4n) is 0. The second kappa shape index (κ2) is 1.24. The number of hydrogen-bond acceptors (Lipinski definition) is 1. The lowest BCUT2D eigenvalue weighted by atomic mass is 11.3. The Morgan fingerprint density at radius 1 is 1.50 bits per heavy atom. The largest absolute Gasteiger partial charge is 0.153 e. The van der Waals surface area contributed by atoms with Crippen LogP contribution in [0.1, 0.15) is 0 Å². The minimum absolute atomic E-state index is 0.500. The molecule has 0 spiro atoms. The quantitative estimate of drug-likeness (QED) is 0.368. The minimum Gasteiger partial charge on any atom is -0.153 e. The highest BCUT2D eigenvalue weighted by atomic mass is 19.2. The van der Waals surface area contributed by atoms with Crippen LogP contribution in [0.15, 0.2) is 0 Å². The van der Waals surface area contributed by atoms with E-state index < -0.39 is 0 Å². The summed E-state index contributed by atoms with van der Waals surface area (Å²) in [5.41, 5.74) is 0. The summed E-state index contributed by atoms with van der Waals surface area (Å²) < 4.78 is 10.8. The summed E-state index contributed by atoms with van der Waals surface area (Å²) in [6, 6.07) is 0. The lowest BCUT2D eigenvalue weighted by molar-refractivity contribution is 0.0977. The van der Waals surface area contributed by atoms with Crippen LogP contribution >= 0.6 is 0 Å². The third kappa shape index (κ3) is 124. The summed E-state index contributed by atoms with van der Waals surface area (Å²) in [6.07, 6.45) is 0. The Labute approximate surface area is 25.0 Å². The van der Waals surface area contributed by atoms with Gasteiger partial charge in [-0.05, 0) is 0 Å². The average Bonchev–Trinajstić information content (AvgIpc) is 0.811. The number of hydrogen-bond donors (Lipinski definition) is 0. The van der Waals surface area contributed by atoms with E-state index >= 15 is 0 Å². The number of rotatable bonds is 0. The molecule has 0 fully saturated rings. The molecule has 0 aliphatic carbocycles. The summed E-state index contributed by atoms with van der Waals surface area (Å²) >= 11 is 0. The van der Waals surface area contributed by atoms with E-state index in [4.69, 9.17) is 0 Å². The van der Waals surface area contributed by atoms with Gasteiger partial charge in [-0.25, -0.2) is 0 Å². The third-order valence-electron chi connectivity index (χ3n) is 0. The van der Waals surface area contributed by atoms with Gasteiger partial charge in [0.05, 0.1) is 0 Å². The van der Waals surface area contributed by atoms with Crippen LogP contribution < -0.4 is 0 Å². The zero-order valence-electron chi connectivity index (χ0n) is 2.83. The zero-order valence-corrected chi connectivity index (χ0v) is 2.83. The molecule has 0 unspecified atom stereocenters. The molecule has 0 aromatic heterocycles. The molecule has 0 aliphatic heterocycles. The summed E-state index contributed by atoms with van der Waals surface area (Å²) in [6.45, 7) is 0. The molecule has 2 heteroatoms. The molecule has 0 amide bonds. The van der Waals surface area contributed by atoms with Crippen LogP contribution in [0.25, 0.3) is 0 Å². The van der Waals surface area contributed by atoms with Crippen molar-refractivity contribution in [3.8, 4) is 0 Å². The van der Waals surface area contributed by atoms with Gasteiger partial charge in [0.25, 0.3) is 0 Å². The molecule has 0 radical (unpaired) electrons. The van der Waals surface area contributed by atoms with Gasteiger partial charge >= 0.3 is 0 Å². The molecule has 0 N–H and O–H groups in total. The highest BCUT2D eigenvalue weighted by Crippen LogP contribution is 1.62. The maximum absolute atomic E-state index is 10.8. The van der Waals surface area contributed by atoms with Gasteiger partial charge in [0.15, 0.2) is 0 Å². The van der Waals surface area contributed by atoms with Gasteiger partial charge in [-0.15, -0.1) is 4.48 Å². The molecule has 0 saturated carbocycles. The van der Waals surface area contributed by atoms with Crippen molar-refractivity contribution >= 4 is 0 Å². The Balaban J connectivity index is 2.32. The van der Waals surface area contributed by atoms with Gasteiger partial charge < -0.3 is 0 Å². The topological polar surface area (TPSA) is 3.24 Å². The zero-order chi connectivity index (χ0) is 3.58. The van der Waals surface area contributed by atoms with E-state index in [9.17, 15) is 4.48 Å². The van der Waals surface area contributed by atoms with Gasteiger partial charge in [0, 0.05) is 14.1 Å². The van der Waals surface area contributed by atoms with E-state index in [1.165, 1.54) is 14.1 Å². The molecule has 0 rings (SSSR count). The Morgan fingerprint density at radius 3 is 1.50 bits per heavy atom. The second-order valence-corrected chi connectivity index (χ2v) is 0.785. The Morgan fingerprint density at radius 2 is 1.50 bits per heavy atom. The monoisotopic (exact) mass is 63.0 g/mol. The van der Waals surface area contributed by atoms with Crippen molar-refractivity contribution in [3.05, 3.63) is 0 Å². The van der Waals surface area contributed by atoms with Crippen molar-refractivity contribution in [1.82, 2.24) is 5.12 Å². The molecule has 0 aromatic carbocycles. The fraction of sp³-hybridized carbons (Fsp3) is 1.00. The highest BCUT2D eigenvalue weighted by Gasteiger charge is 1.64. The van der Waals surface area contributed by atoms with E-state index in [1.807, 2.05) is 0 Å². The van der Waals surface area contributed by atoms with Gasteiger partial charge in [0.2, 0.25) is 0 Å². The Hall–Kier alpha value is -0.110. The van der Waals surface area contributed by atoms with Gasteiger partial charge in [0.1, 0.15) is 0 Å². The average molecular weight is 63.1 g/mol. The SMILES string of the molecule is CN(C)F. The first kappa shape index (κ1) is 3.89. The van der Waals surface area contributed by atoms with E-state index in [0.29, 0.717) is 5.12 Å². The molecule has 0 aliphatic rings. The molecule has 0 atom stereocenters. The van der Waals surface area contributed by atoms with Crippen molar-refractivity contribution in [2.75, 3.05) is 14.1 Å². The van der Waals surface area contributed by atoms with Crippen LogP contribution in [-0.2, 0) is 0 Å². The summed E-state index contributed by atoms with van der Waals surface area (Å²) in [4.78, 5) is 0. The van der Waals surface area contributed by atoms with Crippen molar-refractivity contribution in [2.45, 2.75) is 0 Å². The van der Waals surface area contributed by atoms with Gasteiger partial charge in [-0.1, -0.05) is 0 Å². The van der Waals surface area contributed by atoms with Crippen LogP contribution in [0.3, 0.4) is 0 Å². The van der Waals surface area contributed by atoms with Gasteiger partial charge in [-0.2, -0.15) is 5.12 Å². The van der Waals surface area contributed by atoms with Crippen LogP contribution in [0.2, 0.25) is 0 Å². The second-order valence-electron chi connectivity index (χ2n) is 0.785. The lowest BCUT2D eigenvalue weighted by Gasteiger charge is -1.83. The normalized spacial score (nSPS) is 9.00. The van der Waals surface area contributed by atoms with Crippen LogP contribution in [0, 0.1) is 0 Å². The maximum atomic E-state index is 10.8. The molecule has 26 valence electrons. The summed E-state index contributed by atoms with van der Waals surface area (Å²) in [5, 5.41) is 0.500. The van der Waals surface area contributed by atoms with Crippen LogP contribution in [0.4, 0.5) is 4.48 Å². The number of nitrogens with zero attached hydrogens (tertiary/aromatic N) is 1. The van der Waals surface area contributed by atoms with Crippen molar-refractivity contribution in [2.24, 2.45) is 0 Å². The van der Waals surface area contributed by atoms with Crippen molar-refractivity contribution < 1.29 is 4.48 Å². The first-order chi connectivity index (χ1) is 1.73. The summed E-state index contributed by atoms with van der Waals surface area (Å²) in [7, 11) is 2.67. The van der Waals surface area contributed by atoms with Gasteiger partial charge in [-0.3, -0.25) is 0 Å². The molecule has 0 aromatic rings. The predicted octanol–water partition coefficient (Wildman–Crippen LogP) is 0.432. The first-order valence-electron chi connectivity index (χ1n) is 1.06. The molecular formula is C2H6FN. The smallest absolute Gasteiger partial charge is 0.0173 e. The van der Waals surface area contributed by atoms with E-state index in [0.717, 1.165) is 0 Å².